The Bertz CT molecular complexity index is 979. The number of fused-ring (bicyclic) bond motifs is 1. The van der Waals surface area contributed by atoms with Gasteiger partial charge in [-0.2, -0.15) is 23.5 Å². The molecule has 0 N–H and O–H groups in total. The molecule has 158 valence electrons. The molecule has 1 atom stereocenters. The van der Waals surface area contributed by atoms with Gasteiger partial charge >= 0.3 is 6.18 Å². The predicted octanol–water partition coefficient (Wildman–Crippen LogP) is 4.36. The van der Waals surface area contributed by atoms with Crippen LogP contribution in [-0.4, -0.2) is 32.9 Å². The van der Waals surface area contributed by atoms with Gasteiger partial charge in [-0.15, -0.1) is 0 Å². The first kappa shape index (κ1) is 20.3. The monoisotopic (exact) mass is 418 g/mol. The second-order valence-corrected chi connectivity index (χ2v) is 7.80. The molecule has 0 bridgehead atoms. The average Bonchev–Trinajstić information content (AvgIpc) is 3.42. The Labute approximate surface area is 171 Å². The first-order chi connectivity index (χ1) is 14.3. The Hall–Kier alpha value is -3.02. The third-order valence-corrected chi connectivity index (χ3v) is 5.69. The van der Waals surface area contributed by atoms with Gasteiger partial charge in [-0.1, -0.05) is 12.8 Å². The highest BCUT2D eigenvalue weighted by Gasteiger charge is 2.39. The molecule has 1 aliphatic heterocycles. The molecule has 4 rings (SSSR count). The Morgan fingerprint density at radius 1 is 1.30 bits per heavy atom. The smallest absolute Gasteiger partial charge is 0.425 e. The number of halogens is 3. The maximum Gasteiger partial charge on any atom is 0.425 e. The van der Waals surface area contributed by atoms with E-state index >= 15 is 0 Å². The molecule has 0 saturated heterocycles. The third kappa shape index (κ3) is 3.86. The van der Waals surface area contributed by atoms with Crippen LogP contribution in [-0.2, 0) is 13.1 Å². The summed E-state index contributed by atoms with van der Waals surface area (Å²) < 4.78 is 45.8. The summed E-state index contributed by atoms with van der Waals surface area (Å²) in [7, 11) is 0. The summed E-state index contributed by atoms with van der Waals surface area (Å²) >= 11 is 0. The molecule has 1 aromatic carbocycles. The molecular formula is C21H21F3N4O2. The standard InChI is InChI=1S/C21H21F3N4O2/c1-13(21(22,23)24)30-19-7-6-14(9-25)8-17(19)20(29)27-10-15-11-28(26-18(15)12-27)16-4-2-3-5-16/h6-8,11,13,16H,2-5,10,12H2,1H3/t13-/m0/s1. The Balaban J connectivity index is 1.55. The Kier molecular flexibility index (Phi) is 5.18. The summed E-state index contributed by atoms with van der Waals surface area (Å²) in [6, 6.07) is 6.16. The lowest BCUT2D eigenvalue weighted by Crippen LogP contribution is -2.32. The van der Waals surface area contributed by atoms with Gasteiger partial charge in [0, 0.05) is 18.3 Å². The van der Waals surface area contributed by atoms with Crippen molar-refractivity contribution in [2.45, 2.75) is 64.0 Å². The van der Waals surface area contributed by atoms with Crippen LogP contribution in [0.3, 0.4) is 0 Å². The van der Waals surface area contributed by atoms with Crippen molar-refractivity contribution in [3.63, 3.8) is 0 Å². The van der Waals surface area contributed by atoms with E-state index in [0.29, 0.717) is 12.6 Å². The highest BCUT2D eigenvalue weighted by molar-refractivity contribution is 5.97. The van der Waals surface area contributed by atoms with E-state index in [9.17, 15) is 18.0 Å². The van der Waals surface area contributed by atoms with Crippen LogP contribution in [0.5, 0.6) is 5.75 Å². The fourth-order valence-electron chi connectivity index (χ4n) is 3.97. The summed E-state index contributed by atoms with van der Waals surface area (Å²) in [5.74, 6) is -0.675. The molecule has 0 spiro atoms. The van der Waals surface area contributed by atoms with Gasteiger partial charge < -0.3 is 9.64 Å². The number of alkyl halides is 3. The normalized spacial score (nSPS) is 17.6. The zero-order chi connectivity index (χ0) is 21.5. The number of carbonyl (C=O) groups excluding carboxylic acids is 1. The van der Waals surface area contributed by atoms with Gasteiger partial charge in [-0.25, -0.2) is 0 Å². The molecule has 1 aromatic heterocycles. The Morgan fingerprint density at radius 3 is 2.67 bits per heavy atom. The molecule has 0 unspecified atom stereocenters. The van der Waals surface area contributed by atoms with E-state index in [2.05, 4.69) is 5.10 Å². The lowest BCUT2D eigenvalue weighted by molar-refractivity contribution is -0.189. The quantitative estimate of drug-likeness (QED) is 0.740. The van der Waals surface area contributed by atoms with Crippen molar-refractivity contribution in [2.75, 3.05) is 0 Å². The largest absolute Gasteiger partial charge is 0.480 e. The van der Waals surface area contributed by atoms with Crippen LogP contribution < -0.4 is 4.74 Å². The summed E-state index contributed by atoms with van der Waals surface area (Å²) in [6.45, 7) is 1.48. The summed E-state index contributed by atoms with van der Waals surface area (Å²) in [4.78, 5) is 14.6. The molecule has 0 radical (unpaired) electrons. The lowest BCUT2D eigenvalue weighted by Gasteiger charge is -2.22. The van der Waals surface area contributed by atoms with Gasteiger partial charge in [0.15, 0.2) is 6.10 Å². The fourth-order valence-corrected chi connectivity index (χ4v) is 3.97. The van der Waals surface area contributed by atoms with E-state index < -0.39 is 18.2 Å². The number of nitrogens with zero attached hydrogens (tertiary/aromatic N) is 4. The topological polar surface area (TPSA) is 71.2 Å². The first-order valence-electron chi connectivity index (χ1n) is 9.90. The van der Waals surface area contributed by atoms with Crippen molar-refractivity contribution >= 4 is 5.91 Å². The number of ether oxygens (including phenoxy) is 1. The fraction of sp³-hybridized carbons (Fsp3) is 0.476. The van der Waals surface area contributed by atoms with Gasteiger partial charge in [0.2, 0.25) is 0 Å². The zero-order valence-electron chi connectivity index (χ0n) is 16.4. The van der Waals surface area contributed by atoms with Gasteiger partial charge in [-0.3, -0.25) is 9.48 Å². The molecule has 6 nitrogen and oxygen atoms in total. The van der Waals surface area contributed by atoms with E-state index in [1.807, 2.05) is 16.9 Å². The minimum Gasteiger partial charge on any atom is -0.480 e. The molecule has 9 heteroatoms. The first-order valence-corrected chi connectivity index (χ1v) is 9.90. The number of carbonyl (C=O) groups is 1. The maximum absolute atomic E-state index is 13.1. The number of hydrogen-bond acceptors (Lipinski definition) is 4. The highest BCUT2D eigenvalue weighted by atomic mass is 19.4. The molecule has 1 aliphatic carbocycles. The van der Waals surface area contributed by atoms with Crippen LogP contribution >= 0.6 is 0 Å². The number of aromatic nitrogens is 2. The Morgan fingerprint density at radius 2 is 2.03 bits per heavy atom. The van der Waals surface area contributed by atoms with E-state index in [0.717, 1.165) is 31.0 Å². The van der Waals surface area contributed by atoms with Gasteiger partial charge in [-0.05, 0) is 38.0 Å². The van der Waals surface area contributed by atoms with Crippen LogP contribution in [0.15, 0.2) is 24.4 Å². The molecule has 2 aromatic rings. The van der Waals surface area contributed by atoms with Gasteiger partial charge in [0.25, 0.3) is 5.91 Å². The van der Waals surface area contributed by atoms with Crippen molar-refractivity contribution in [3.05, 3.63) is 46.8 Å². The van der Waals surface area contributed by atoms with Crippen molar-refractivity contribution in [1.82, 2.24) is 14.7 Å². The lowest BCUT2D eigenvalue weighted by atomic mass is 10.1. The van der Waals surface area contributed by atoms with Gasteiger partial charge in [0.1, 0.15) is 5.75 Å². The highest BCUT2D eigenvalue weighted by Crippen LogP contribution is 2.33. The predicted molar refractivity (Wildman–Crippen MR) is 101 cm³/mol. The van der Waals surface area contributed by atoms with Crippen LogP contribution in [0.25, 0.3) is 0 Å². The van der Waals surface area contributed by atoms with Gasteiger partial charge in [0.05, 0.1) is 35.5 Å². The average molecular weight is 418 g/mol. The summed E-state index contributed by atoms with van der Waals surface area (Å²) in [6.07, 6.45) is -0.107. The SMILES string of the molecule is C[C@H](Oc1ccc(C#N)cc1C(=O)N1Cc2cn(C3CCCC3)nc2C1)C(F)(F)F. The van der Waals surface area contributed by atoms with E-state index in [1.165, 1.54) is 35.9 Å². The second-order valence-electron chi connectivity index (χ2n) is 7.80. The van der Waals surface area contributed by atoms with Crippen molar-refractivity contribution < 1.29 is 22.7 Å². The van der Waals surface area contributed by atoms with Crippen LogP contribution in [0.2, 0.25) is 0 Å². The van der Waals surface area contributed by atoms with E-state index in [1.54, 1.807) is 0 Å². The minimum absolute atomic E-state index is 0.0565. The number of rotatable bonds is 4. The van der Waals surface area contributed by atoms with Crippen LogP contribution in [0.1, 0.15) is 65.8 Å². The molecule has 30 heavy (non-hydrogen) atoms. The molecule has 1 amide bonds. The molecular weight excluding hydrogens is 397 g/mol. The number of nitriles is 1. The van der Waals surface area contributed by atoms with Crippen molar-refractivity contribution in [1.29, 1.82) is 5.26 Å². The number of hydrogen-bond donors (Lipinski definition) is 0. The molecule has 1 saturated carbocycles. The zero-order valence-corrected chi connectivity index (χ0v) is 16.4. The number of benzene rings is 1. The molecule has 2 aliphatic rings. The second kappa shape index (κ2) is 7.67. The van der Waals surface area contributed by atoms with Crippen LogP contribution in [0, 0.1) is 11.3 Å². The van der Waals surface area contributed by atoms with Crippen molar-refractivity contribution in [3.8, 4) is 11.8 Å². The van der Waals surface area contributed by atoms with Crippen LogP contribution in [0.4, 0.5) is 13.2 Å². The molecule has 2 heterocycles. The maximum atomic E-state index is 13.1. The van der Waals surface area contributed by atoms with E-state index in [-0.39, 0.29) is 23.4 Å². The summed E-state index contributed by atoms with van der Waals surface area (Å²) in [5, 5.41) is 13.8. The van der Waals surface area contributed by atoms with E-state index in [4.69, 9.17) is 10.00 Å². The molecule has 1 fully saturated rings. The minimum atomic E-state index is -4.57. The van der Waals surface area contributed by atoms with Crippen molar-refractivity contribution in [2.24, 2.45) is 0 Å². The summed E-state index contributed by atoms with van der Waals surface area (Å²) in [5.41, 5.74) is 1.86. The third-order valence-electron chi connectivity index (χ3n) is 5.69. The number of amides is 1.